The number of hydrogen-bond donors (Lipinski definition) is 1. The Balaban J connectivity index is 2.44. The van der Waals surface area contributed by atoms with E-state index in [1.807, 2.05) is 24.7 Å². The third-order valence-electron chi connectivity index (χ3n) is 3.15. The Hall–Kier alpha value is -1.75. The fourth-order valence-electron chi connectivity index (χ4n) is 2.29. The maximum Gasteiger partial charge on any atom is 0.161 e. The Labute approximate surface area is 113 Å². The van der Waals surface area contributed by atoms with Gasteiger partial charge in [-0.1, -0.05) is 6.92 Å². The molecule has 2 heterocycles. The summed E-state index contributed by atoms with van der Waals surface area (Å²) in [5.41, 5.74) is 2.11. The van der Waals surface area contributed by atoms with Crippen LogP contribution in [-0.2, 0) is 6.54 Å². The lowest BCUT2D eigenvalue weighted by molar-refractivity contribution is 0.399. The first-order valence-electron chi connectivity index (χ1n) is 6.53. The largest absolute Gasteiger partial charge is 0.493 e. The number of aromatic nitrogens is 2. The van der Waals surface area contributed by atoms with E-state index in [-0.39, 0.29) is 6.04 Å². The van der Waals surface area contributed by atoms with Crippen LogP contribution in [0.2, 0.25) is 0 Å². The van der Waals surface area contributed by atoms with Crippen LogP contribution >= 0.6 is 0 Å². The van der Waals surface area contributed by atoms with E-state index in [2.05, 4.69) is 17.3 Å². The van der Waals surface area contributed by atoms with E-state index in [1.165, 1.54) is 0 Å². The molecule has 0 aliphatic carbocycles. The molecule has 0 radical (unpaired) electrons. The lowest BCUT2D eigenvalue weighted by Crippen LogP contribution is -2.22. The summed E-state index contributed by atoms with van der Waals surface area (Å²) in [6.45, 7) is 4.94. The summed E-state index contributed by atoms with van der Waals surface area (Å²) in [4.78, 5) is 0. The highest BCUT2D eigenvalue weighted by atomic mass is 16.5. The molecule has 0 aromatic carbocycles. The molecule has 0 spiro atoms. The minimum Gasteiger partial charge on any atom is -0.493 e. The highest BCUT2D eigenvalue weighted by Gasteiger charge is 2.23. The molecule has 0 aliphatic heterocycles. The van der Waals surface area contributed by atoms with Crippen LogP contribution in [0.4, 0.5) is 0 Å². The fraction of sp³-hybridized carbons (Fsp3) is 0.500. The zero-order chi connectivity index (χ0) is 13.8. The second-order valence-corrected chi connectivity index (χ2v) is 4.53. The molecule has 0 aliphatic rings. The van der Waals surface area contributed by atoms with E-state index in [0.717, 1.165) is 35.7 Å². The molecule has 0 saturated carbocycles. The molecule has 1 N–H and O–H groups in total. The van der Waals surface area contributed by atoms with Crippen molar-refractivity contribution in [2.45, 2.75) is 32.9 Å². The van der Waals surface area contributed by atoms with Crippen LogP contribution in [0.3, 0.4) is 0 Å². The number of furan rings is 1. The molecule has 0 fully saturated rings. The zero-order valence-electron chi connectivity index (χ0n) is 11.9. The van der Waals surface area contributed by atoms with Gasteiger partial charge in [-0.2, -0.15) is 5.10 Å². The van der Waals surface area contributed by atoms with Crippen molar-refractivity contribution in [1.29, 1.82) is 0 Å². The number of methoxy groups -OCH3 is 1. The highest BCUT2D eigenvalue weighted by molar-refractivity contribution is 5.35. The van der Waals surface area contributed by atoms with Gasteiger partial charge in [-0.15, -0.1) is 0 Å². The van der Waals surface area contributed by atoms with Crippen LogP contribution in [0.5, 0.6) is 5.75 Å². The molecule has 1 atom stereocenters. The van der Waals surface area contributed by atoms with Crippen molar-refractivity contribution in [3.63, 3.8) is 0 Å². The standard InChI is InChI=1S/C14H21N3O2/c1-5-6-17-14(12(18-4)8-16-17)13(15-3)11-7-10(2)19-9-11/h7-9,13,15H,5-6H2,1-4H3. The lowest BCUT2D eigenvalue weighted by Gasteiger charge is -2.17. The van der Waals surface area contributed by atoms with E-state index in [9.17, 15) is 0 Å². The van der Waals surface area contributed by atoms with Crippen LogP contribution in [0.1, 0.15) is 36.4 Å². The monoisotopic (exact) mass is 263 g/mol. The molecule has 5 heteroatoms. The Kier molecular flexibility index (Phi) is 4.27. The van der Waals surface area contributed by atoms with Crippen LogP contribution in [0.25, 0.3) is 0 Å². The average molecular weight is 263 g/mol. The van der Waals surface area contributed by atoms with Crippen LogP contribution < -0.4 is 10.1 Å². The first-order chi connectivity index (χ1) is 9.21. The van der Waals surface area contributed by atoms with Crippen molar-refractivity contribution in [3.8, 4) is 5.75 Å². The molecular weight excluding hydrogens is 242 g/mol. The summed E-state index contributed by atoms with van der Waals surface area (Å²) in [5.74, 6) is 1.70. The first-order valence-corrected chi connectivity index (χ1v) is 6.53. The van der Waals surface area contributed by atoms with Gasteiger partial charge in [0.2, 0.25) is 0 Å². The van der Waals surface area contributed by atoms with E-state index in [4.69, 9.17) is 9.15 Å². The molecule has 0 bridgehead atoms. The third-order valence-corrected chi connectivity index (χ3v) is 3.15. The van der Waals surface area contributed by atoms with Crippen molar-refractivity contribution in [1.82, 2.24) is 15.1 Å². The first kappa shape index (κ1) is 13.7. The number of nitrogens with one attached hydrogen (secondary N) is 1. The van der Waals surface area contributed by atoms with Gasteiger partial charge in [0.05, 0.1) is 25.6 Å². The van der Waals surface area contributed by atoms with Gasteiger partial charge in [-0.25, -0.2) is 0 Å². The third kappa shape index (κ3) is 2.66. The Morgan fingerprint density at radius 1 is 1.53 bits per heavy atom. The van der Waals surface area contributed by atoms with Gasteiger partial charge >= 0.3 is 0 Å². The van der Waals surface area contributed by atoms with Gasteiger partial charge in [0, 0.05) is 12.1 Å². The van der Waals surface area contributed by atoms with E-state index in [1.54, 1.807) is 19.6 Å². The Morgan fingerprint density at radius 2 is 2.32 bits per heavy atom. The predicted molar refractivity (Wildman–Crippen MR) is 73.4 cm³/mol. The minimum absolute atomic E-state index is 0.0152. The smallest absolute Gasteiger partial charge is 0.161 e. The maximum atomic E-state index is 5.43. The molecule has 19 heavy (non-hydrogen) atoms. The maximum absolute atomic E-state index is 5.43. The minimum atomic E-state index is 0.0152. The molecule has 5 nitrogen and oxygen atoms in total. The van der Waals surface area contributed by atoms with Crippen molar-refractivity contribution in [2.24, 2.45) is 0 Å². The highest BCUT2D eigenvalue weighted by Crippen LogP contribution is 2.30. The molecular formula is C14H21N3O2. The Bertz CT molecular complexity index is 531. The molecule has 1 unspecified atom stereocenters. The quantitative estimate of drug-likeness (QED) is 0.870. The SMILES string of the molecule is CCCn1ncc(OC)c1C(NC)c1coc(C)c1. The summed E-state index contributed by atoms with van der Waals surface area (Å²) in [7, 11) is 3.60. The molecule has 2 aromatic rings. The molecule has 2 aromatic heterocycles. The number of hydrogen-bond acceptors (Lipinski definition) is 4. The van der Waals surface area contributed by atoms with Crippen molar-refractivity contribution in [3.05, 3.63) is 35.5 Å². The van der Waals surface area contributed by atoms with Gasteiger partial charge in [-0.3, -0.25) is 4.68 Å². The van der Waals surface area contributed by atoms with E-state index >= 15 is 0 Å². The van der Waals surface area contributed by atoms with Crippen LogP contribution in [0, 0.1) is 6.92 Å². The summed E-state index contributed by atoms with van der Waals surface area (Å²) in [5, 5.41) is 7.71. The zero-order valence-corrected chi connectivity index (χ0v) is 11.9. The number of aryl methyl sites for hydroxylation is 2. The molecule has 0 amide bonds. The predicted octanol–water partition coefficient (Wildman–Crippen LogP) is 2.51. The number of rotatable bonds is 6. The number of ether oxygens (including phenoxy) is 1. The Morgan fingerprint density at radius 3 is 2.84 bits per heavy atom. The second-order valence-electron chi connectivity index (χ2n) is 4.53. The topological polar surface area (TPSA) is 52.2 Å². The van der Waals surface area contributed by atoms with Gasteiger partial charge in [0.15, 0.2) is 5.75 Å². The normalized spacial score (nSPS) is 12.6. The molecule has 104 valence electrons. The van der Waals surface area contributed by atoms with E-state index < -0.39 is 0 Å². The van der Waals surface area contributed by atoms with Crippen LogP contribution in [0.15, 0.2) is 22.9 Å². The van der Waals surface area contributed by atoms with Crippen molar-refractivity contribution >= 4 is 0 Å². The fourth-order valence-corrected chi connectivity index (χ4v) is 2.29. The summed E-state index contributed by atoms with van der Waals surface area (Å²) < 4.78 is 12.8. The average Bonchev–Trinajstić information content (AvgIpc) is 2.99. The van der Waals surface area contributed by atoms with E-state index in [0.29, 0.717) is 0 Å². The van der Waals surface area contributed by atoms with Crippen molar-refractivity contribution in [2.75, 3.05) is 14.2 Å². The number of nitrogens with zero attached hydrogens (tertiary/aromatic N) is 2. The summed E-state index contributed by atoms with van der Waals surface area (Å²) in [6.07, 6.45) is 4.57. The van der Waals surface area contributed by atoms with Gasteiger partial charge in [0.25, 0.3) is 0 Å². The summed E-state index contributed by atoms with van der Waals surface area (Å²) >= 11 is 0. The van der Waals surface area contributed by atoms with Gasteiger partial charge in [-0.05, 0) is 26.5 Å². The van der Waals surface area contributed by atoms with Gasteiger partial charge < -0.3 is 14.5 Å². The van der Waals surface area contributed by atoms with Crippen molar-refractivity contribution < 1.29 is 9.15 Å². The molecule has 2 rings (SSSR count). The lowest BCUT2D eigenvalue weighted by atomic mass is 10.1. The summed E-state index contributed by atoms with van der Waals surface area (Å²) in [6, 6.07) is 2.05. The van der Waals surface area contributed by atoms with Gasteiger partial charge in [0.1, 0.15) is 11.5 Å². The second kappa shape index (κ2) is 5.93. The molecule has 0 saturated heterocycles. The van der Waals surface area contributed by atoms with Crippen LogP contribution in [-0.4, -0.2) is 23.9 Å².